The van der Waals surface area contributed by atoms with E-state index in [0.29, 0.717) is 6.61 Å². The van der Waals surface area contributed by atoms with Gasteiger partial charge < -0.3 is 10.1 Å². The van der Waals surface area contributed by atoms with Crippen molar-refractivity contribution in [1.82, 2.24) is 5.32 Å². The van der Waals surface area contributed by atoms with Gasteiger partial charge in [0.1, 0.15) is 12.4 Å². The molecule has 0 aliphatic heterocycles. The number of halogens is 1. The molecule has 0 aliphatic carbocycles. The van der Waals surface area contributed by atoms with E-state index in [9.17, 15) is 0 Å². The average molecular weight is 262 g/mol. The fraction of sp³-hybridized carbons (Fsp3) is 0.200. The van der Waals surface area contributed by atoms with Crippen molar-refractivity contribution in [2.75, 3.05) is 13.7 Å². The van der Waals surface area contributed by atoms with E-state index in [1.54, 1.807) is 0 Å². The van der Waals surface area contributed by atoms with Crippen LogP contribution in [0.5, 0.6) is 5.75 Å². The number of para-hydroxylation sites is 1. The molecule has 0 aromatic heterocycles. The molecule has 1 unspecified atom stereocenters. The molecule has 2 aromatic rings. The van der Waals surface area contributed by atoms with E-state index in [4.69, 9.17) is 16.3 Å². The lowest BCUT2D eigenvalue weighted by Gasteiger charge is -2.17. The lowest BCUT2D eigenvalue weighted by atomic mass is 10.1. The van der Waals surface area contributed by atoms with Crippen LogP contribution in [0.25, 0.3) is 0 Å². The molecule has 0 aliphatic rings. The van der Waals surface area contributed by atoms with Gasteiger partial charge in [0.05, 0.1) is 6.04 Å². The first-order valence-corrected chi connectivity index (χ1v) is 6.28. The van der Waals surface area contributed by atoms with Crippen LogP contribution in [-0.4, -0.2) is 13.7 Å². The van der Waals surface area contributed by atoms with Gasteiger partial charge in [0.25, 0.3) is 0 Å². The summed E-state index contributed by atoms with van der Waals surface area (Å²) in [6.07, 6.45) is 0. The third-order valence-electron chi connectivity index (χ3n) is 2.76. The molecule has 1 N–H and O–H groups in total. The van der Waals surface area contributed by atoms with E-state index in [1.807, 2.05) is 61.6 Å². The third-order valence-corrected chi connectivity index (χ3v) is 2.99. The Labute approximate surface area is 113 Å². The molecule has 0 saturated carbocycles. The molecule has 94 valence electrons. The van der Waals surface area contributed by atoms with Crippen molar-refractivity contribution in [2.45, 2.75) is 6.04 Å². The summed E-state index contributed by atoms with van der Waals surface area (Å²) in [5.41, 5.74) is 1.13. The summed E-state index contributed by atoms with van der Waals surface area (Å²) >= 11 is 5.99. The van der Waals surface area contributed by atoms with Crippen molar-refractivity contribution in [3.05, 3.63) is 65.2 Å². The first kappa shape index (κ1) is 12.9. The third kappa shape index (κ3) is 3.49. The van der Waals surface area contributed by atoms with Crippen LogP contribution in [0, 0.1) is 0 Å². The molecule has 0 bridgehead atoms. The maximum atomic E-state index is 5.99. The Morgan fingerprint density at radius 1 is 1.11 bits per heavy atom. The van der Waals surface area contributed by atoms with E-state index >= 15 is 0 Å². The van der Waals surface area contributed by atoms with Crippen molar-refractivity contribution in [3.63, 3.8) is 0 Å². The van der Waals surface area contributed by atoms with Gasteiger partial charge in [0, 0.05) is 5.02 Å². The van der Waals surface area contributed by atoms with Gasteiger partial charge >= 0.3 is 0 Å². The molecule has 0 spiro atoms. The van der Waals surface area contributed by atoms with E-state index in [0.717, 1.165) is 16.3 Å². The molecular formula is C15H16ClNO. The van der Waals surface area contributed by atoms with E-state index in [2.05, 4.69) is 5.32 Å². The summed E-state index contributed by atoms with van der Waals surface area (Å²) in [6, 6.07) is 17.7. The summed E-state index contributed by atoms with van der Waals surface area (Å²) < 4.78 is 5.75. The largest absolute Gasteiger partial charge is 0.492 e. The molecule has 0 fully saturated rings. The number of ether oxygens (including phenoxy) is 1. The highest BCUT2D eigenvalue weighted by Gasteiger charge is 2.10. The molecule has 2 aromatic carbocycles. The van der Waals surface area contributed by atoms with Crippen LogP contribution in [0.2, 0.25) is 5.02 Å². The molecule has 3 heteroatoms. The molecule has 18 heavy (non-hydrogen) atoms. The van der Waals surface area contributed by atoms with Gasteiger partial charge in [0.15, 0.2) is 0 Å². The Kier molecular flexibility index (Phi) is 4.62. The quantitative estimate of drug-likeness (QED) is 0.887. The average Bonchev–Trinajstić information content (AvgIpc) is 2.41. The standard InChI is InChI=1S/C15H16ClNO/c1-17-15(12-6-5-7-13(16)10-12)11-18-14-8-3-2-4-9-14/h2-10,15,17H,11H2,1H3. The van der Waals surface area contributed by atoms with Crippen LogP contribution in [0.1, 0.15) is 11.6 Å². The molecule has 0 saturated heterocycles. The Morgan fingerprint density at radius 3 is 2.56 bits per heavy atom. The zero-order valence-electron chi connectivity index (χ0n) is 10.3. The maximum Gasteiger partial charge on any atom is 0.119 e. The zero-order valence-corrected chi connectivity index (χ0v) is 11.0. The normalized spacial score (nSPS) is 12.1. The summed E-state index contributed by atoms with van der Waals surface area (Å²) in [6.45, 7) is 0.570. The van der Waals surface area contributed by atoms with Gasteiger partial charge in [-0.15, -0.1) is 0 Å². The van der Waals surface area contributed by atoms with Gasteiger partial charge in [-0.25, -0.2) is 0 Å². The van der Waals surface area contributed by atoms with E-state index < -0.39 is 0 Å². The summed E-state index contributed by atoms with van der Waals surface area (Å²) in [5, 5.41) is 3.98. The number of rotatable bonds is 5. The Balaban J connectivity index is 2.02. The van der Waals surface area contributed by atoms with Crippen LogP contribution >= 0.6 is 11.6 Å². The molecule has 0 amide bonds. The van der Waals surface area contributed by atoms with Gasteiger partial charge in [0.2, 0.25) is 0 Å². The number of hydrogen-bond acceptors (Lipinski definition) is 2. The minimum Gasteiger partial charge on any atom is -0.492 e. The number of hydrogen-bond donors (Lipinski definition) is 1. The first-order chi connectivity index (χ1) is 8.79. The maximum absolute atomic E-state index is 5.99. The predicted octanol–water partition coefficient (Wildman–Crippen LogP) is 3.68. The van der Waals surface area contributed by atoms with Gasteiger partial charge in [-0.05, 0) is 36.9 Å². The Bertz CT molecular complexity index is 487. The lowest BCUT2D eigenvalue weighted by Crippen LogP contribution is -2.23. The fourth-order valence-electron chi connectivity index (χ4n) is 1.77. The Morgan fingerprint density at radius 2 is 1.89 bits per heavy atom. The molecule has 2 nitrogen and oxygen atoms in total. The monoisotopic (exact) mass is 261 g/mol. The summed E-state index contributed by atoms with van der Waals surface area (Å²) in [4.78, 5) is 0. The predicted molar refractivity (Wildman–Crippen MR) is 75.2 cm³/mol. The van der Waals surface area contributed by atoms with Crippen molar-refractivity contribution in [2.24, 2.45) is 0 Å². The molecule has 2 rings (SSSR count). The van der Waals surface area contributed by atoms with Crippen LogP contribution < -0.4 is 10.1 Å². The summed E-state index contributed by atoms with van der Waals surface area (Å²) in [5.74, 6) is 0.875. The van der Waals surface area contributed by atoms with Gasteiger partial charge in [-0.3, -0.25) is 0 Å². The minimum absolute atomic E-state index is 0.129. The molecular weight excluding hydrogens is 246 g/mol. The van der Waals surface area contributed by atoms with Crippen molar-refractivity contribution < 1.29 is 4.74 Å². The second-order valence-corrected chi connectivity index (χ2v) is 4.46. The SMILES string of the molecule is CNC(COc1ccccc1)c1cccc(Cl)c1. The Hall–Kier alpha value is -1.51. The van der Waals surface area contributed by atoms with Crippen LogP contribution in [-0.2, 0) is 0 Å². The van der Waals surface area contributed by atoms with Crippen LogP contribution in [0.3, 0.4) is 0 Å². The molecule has 0 radical (unpaired) electrons. The molecule has 1 atom stereocenters. The number of nitrogens with one attached hydrogen (secondary N) is 1. The molecule has 0 heterocycles. The lowest BCUT2D eigenvalue weighted by molar-refractivity contribution is 0.273. The van der Waals surface area contributed by atoms with Crippen molar-refractivity contribution in [1.29, 1.82) is 0 Å². The number of benzene rings is 2. The second kappa shape index (κ2) is 6.43. The highest BCUT2D eigenvalue weighted by atomic mass is 35.5. The van der Waals surface area contributed by atoms with Crippen molar-refractivity contribution >= 4 is 11.6 Å². The van der Waals surface area contributed by atoms with Gasteiger partial charge in [-0.2, -0.15) is 0 Å². The topological polar surface area (TPSA) is 21.3 Å². The van der Waals surface area contributed by atoms with E-state index in [1.165, 1.54) is 0 Å². The summed E-state index contributed by atoms with van der Waals surface area (Å²) in [7, 11) is 1.92. The fourth-order valence-corrected chi connectivity index (χ4v) is 1.96. The smallest absolute Gasteiger partial charge is 0.119 e. The van der Waals surface area contributed by atoms with Crippen LogP contribution in [0.4, 0.5) is 0 Å². The number of likely N-dealkylation sites (N-methyl/N-ethyl adjacent to an activating group) is 1. The first-order valence-electron chi connectivity index (χ1n) is 5.90. The highest BCUT2D eigenvalue weighted by molar-refractivity contribution is 6.30. The zero-order chi connectivity index (χ0) is 12.8. The highest BCUT2D eigenvalue weighted by Crippen LogP contribution is 2.19. The second-order valence-electron chi connectivity index (χ2n) is 4.02. The van der Waals surface area contributed by atoms with Crippen molar-refractivity contribution in [3.8, 4) is 5.75 Å². The minimum atomic E-state index is 0.129. The van der Waals surface area contributed by atoms with Crippen LogP contribution in [0.15, 0.2) is 54.6 Å². The van der Waals surface area contributed by atoms with E-state index in [-0.39, 0.29) is 6.04 Å². The van der Waals surface area contributed by atoms with Gasteiger partial charge in [-0.1, -0.05) is 41.9 Å².